The maximum Gasteiger partial charge on any atom is 0.336 e. The Bertz CT molecular complexity index is 647. The molecule has 0 radical (unpaired) electrons. The van der Waals surface area contributed by atoms with E-state index in [1.165, 1.54) is 12.1 Å². The number of hydrogen-bond acceptors (Lipinski definition) is 2. The van der Waals surface area contributed by atoms with E-state index in [-0.39, 0.29) is 17.0 Å². The first-order valence-electron chi connectivity index (χ1n) is 6.16. The summed E-state index contributed by atoms with van der Waals surface area (Å²) in [6.45, 7) is 1.90. The third-order valence-corrected chi connectivity index (χ3v) is 3.30. The minimum Gasteiger partial charge on any atom is -0.478 e. The van der Waals surface area contributed by atoms with Crippen LogP contribution in [0.1, 0.15) is 44.7 Å². The topological polar surface area (TPSA) is 74.6 Å². The van der Waals surface area contributed by atoms with Gasteiger partial charge in [-0.25, -0.2) is 9.59 Å². The van der Waals surface area contributed by atoms with Crippen LogP contribution >= 0.6 is 0 Å². The quantitative estimate of drug-likeness (QED) is 0.894. The molecule has 102 valence electrons. The maximum atomic E-state index is 11.3. The van der Waals surface area contributed by atoms with Gasteiger partial charge in [0.1, 0.15) is 0 Å². The van der Waals surface area contributed by atoms with Crippen LogP contribution in [0.5, 0.6) is 0 Å². The molecule has 0 saturated carbocycles. The van der Waals surface area contributed by atoms with Crippen LogP contribution in [0.15, 0.2) is 48.5 Å². The van der Waals surface area contributed by atoms with Crippen LogP contribution in [-0.4, -0.2) is 22.2 Å². The van der Waals surface area contributed by atoms with Crippen LogP contribution in [0.25, 0.3) is 0 Å². The minimum absolute atomic E-state index is 0.0218. The summed E-state index contributed by atoms with van der Waals surface area (Å²) >= 11 is 0. The molecule has 2 aromatic rings. The summed E-state index contributed by atoms with van der Waals surface area (Å²) in [6.07, 6.45) is 0. The fraction of sp³-hybridized carbons (Fsp3) is 0.125. The molecule has 4 heteroatoms. The minimum atomic E-state index is -1.13. The summed E-state index contributed by atoms with van der Waals surface area (Å²) in [5, 5.41) is 18.2. The molecule has 0 amide bonds. The van der Waals surface area contributed by atoms with Crippen molar-refractivity contribution in [2.45, 2.75) is 12.8 Å². The van der Waals surface area contributed by atoms with Crippen molar-refractivity contribution in [3.63, 3.8) is 0 Å². The summed E-state index contributed by atoms with van der Waals surface area (Å²) in [6, 6.07) is 13.7. The molecule has 0 aromatic heterocycles. The van der Waals surface area contributed by atoms with Crippen LogP contribution in [0.4, 0.5) is 0 Å². The van der Waals surface area contributed by atoms with Crippen molar-refractivity contribution in [3.05, 3.63) is 70.8 Å². The molecule has 0 fully saturated rings. The summed E-state index contributed by atoms with van der Waals surface area (Å²) < 4.78 is 0. The van der Waals surface area contributed by atoms with Gasteiger partial charge in [-0.15, -0.1) is 0 Å². The Hall–Kier alpha value is -2.62. The zero-order chi connectivity index (χ0) is 14.7. The van der Waals surface area contributed by atoms with Crippen molar-refractivity contribution in [3.8, 4) is 0 Å². The Balaban J connectivity index is 2.51. The number of rotatable bonds is 4. The lowest BCUT2D eigenvalue weighted by Gasteiger charge is -2.15. The first kappa shape index (κ1) is 13.8. The summed E-state index contributed by atoms with van der Waals surface area (Å²) in [5.41, 5.74) is 1.60. The molecule has 0 saturated heterocycles. The fourth-order valence-corrected chi connectivity index (χ4v) is 2.17. The standard InChI is InChI=1S/C16H14O4/c1-10(11-5-3-2-4-6-11)13-8-7-12(15(17)18)9-14(13)16(19)20/h2-10H,1H3,(H,17,18)(H,19,20). The smallest absolute Gasteiger partial charge is 0.336 e. The predicted octanol–water partition coefficient (Wildman–Crippen LogP) is 3.23. The molecule has 4 nitrogen and oxygen atoms in total. The predicted molar refractivity (Wildman–Crippen MR) is 74.3 cm³/mol. The lowest BCUT2D eigenvalue weighted by molar-refractivity contribution is 0.0695. The van der Waals surface area contributed by atoms with Crippen LogP contribution in [0, 0.1) is 0 Å². The molecule has 1 atom stereocenters. The number of carboxylic acid groups (broad SMARTS) is 2. The van der Waals surface area contributed by atoms with E-state index in [1.807, 2.05) is 37.3 Å². The maximum absolute atomic E-state index is 11.3. The highest BCUT2D eigenvalue weighted by molar-refractivity contribution is 5.95. The molecule has 2 N–H and O–H groups in total. The van der Waals surface area contributed by atoms with Crippen molar-refractivity contribution in [2.75, 3.05) is 0 Å². The molecule has 0 spiro atoms. The van der Waals surface area contributed by atoms with Crippen LogP contribution in [-0.2, 0) is 0 Å². The van der Waals surface area contributed by atoms with Crippen molar-refractivity contribution < 1.29 is 19.8 Å². The van der Waals surface area contributed by atoms with E-state index in [1.54, 1.807) is 6.07 Å². The highest BCUT2D eigenvalue weighted by Crippen LogP contribution is 2.27. The van der Waals surface area contributed by atoms with E-state index in [2.05, 4.69) is 0 Å². The zero-order valence-electron chi connectivity index (χ0n) is 10.9. The van der Waals surface area contributed by atoms with Gasteiger partial charge in [0, 0.05) is 5.92 Å². The normalized spacial score (nSPS) is 11.8. The Morgan fingerprint density at radius 2 is 1.60 bits per heavy atom. The first-order valence-corrected chi connectivity index (χ1v) is 6.16. The molecule has 2 rings (SSSR count). The molecule has 20 heavy (non-hydrogen) atoms. The second-order valence-electron chi connectivity index (χ2n) is 4.54. The molecule has 1 unspecified atom stereocenters. The van der Waals surface area contributed by atoms with Gasteiger partial charge >= 0.3 is 11.9 Å². The van der Waals surface area contributed by atoms with E-state index in [4.69, 9.17) is 5.11 Å². The van der Waals surface area contributed by atoms with Crippen molar-refractivity contribution in [1.29, 1.82) is 0 Å². The van der Waals surface area contributed by atoms with Crippen LogP contribution in [0.2, 0.25) is 0 Å². The van der Waals surface area contributed by atoms with Gasteiger partial charge in [0.05, 0.1) is 11.1 Å². The molecule has 0 aliphatic heterocycles. The molecular weight excluding hydrogens is 256 g/mol. The average Bonchev–Trinajstić information content (AvgIpc) is 2.46. The second-order valence-corrected chi connectivity index (χ2v) is 4.54. The van der Waals surface area contributed by atoms with E-state index in [9.17, 15) is 14.7 Å². The third-order valence-electron chi connectivity index (χ3n) is 3.30. The Morgan fingerprint density at radius 1 is 0.950 bits per heavy atom. The third kappa shape index (κ3) is 2.69. The van der Waals surface area contributed by atoms with Crippen molar-refractivity contribution in [2.24, 2.45) is 0 Å². The number of aromatic carboxylic acids is 2. The summed E-state index contributed by atoms with van der Waals surface area (Å²) in [5.74, 6) is -2.37. The zero-order valence-corrected chi connectivity index (χ0v) is 10.9. The molecule has 0 aliphatic rings. The van der Waals surface area contributed by atoms with Gasteiger partial charge in [-0.2, -0.15) is 0 Å². The molecule has 0 aliphatic carbocycles. The Morgan fingerprint density at radius 3 is 2.15 bits per heavy atom. The lowest BCUT2D eigenvalue weighted by Crippen LogP contribution is -2.09. The number of benzene rings is 2. The average molecular weight is 270 g/mol. The van der Waals surface area contributed by atoms with E-state index < -0.39 is 11.9 Å². The number of carbonyl (C=O) groups is 2. The second kappa shape index (κ2) is 5.57. The monoisotopic (exact) mass is 270 g/mol. The van der Waals surface area contributed by atoms with Gasteiger partial charge in [0.15, 0.2) is 0 Å². The Kier molecular flexibility index (Phi) is 3.84. The van der Waals surface area contributed by atoms with Gasteiger partial charge in [-0.3, -0.25) is 0 Å². The van der Waals surface area contributed by atoms with E-state index in [0.717, 1.165) is 5.56 Å². The molecule has 0 heterocycles. The highest BCUT2D eigenvalue weighted by Gasteiger charge is 2.19. The van der Waals surface area contributed by atoms with Gasteiger partial charge in [0.2, 0.25) is 0 Å². The van der Waals surface area contributed by atoms with E-state index >= 15 is 0 Å². The molecular formula is C16H14O4. The van der Waals surface area contributed by atoms with Gasteiger partial charge in [0.25, 0.3) is 0 Å². The number of hydrogen-bond donors (Lipinski definition) is 2. The van der Waals surface area contributed by atoms with Crippen LogP contribution in [0.3, 0.4) is 0 Å². The lowest BCUT2D eigenvalue weighted by atomic mass is 9.89. The SMILES string of the molecule is CC(c1ccccc1)c1ccc(C(=O)O)cc1C(=O)O. The molecule has 0 bridgehead atoms. The van der Waals surface area contributed by atoms with Gasteiger partial charge < -0.3 is 10.2 Å². The Labute approximate surface area is 116 Å². The largest absolute Gasteiger partial charge is 0.478 e. The molecule has 2 aromatic carbocycles. The highest BCUT2D eigenvalue weighted by atomic mass is 16.4. The van der Waals surface area contributed by atoms with Crippen molar-refractivity contribution in [1.82, 2.24) is 0 Å². The van der Waals surface area contributed by atoms with Crippen molar-refractivity contribution >= 4 is 11.9 Å². The summed E-state index contributed by atoms with van der Waals surface area (Å²) in [7, 11) is 0. The van der Waals surface area contributed by atoms with E-state index in [0.29, 0.717) is 5.56 Å². The van der Waals surface area contributed by atoms with Gasteiger partial charge in [-0.1, -0.05) is 43.3 Å². The first-order chi connectivity index (χ1) is 9.50. The van der Waals surface area contributed by atoms with Gasteiger partial charge in [-0.05, 0) is 23.3 Å². The fourth-order valence-electron chi connectivity index (χ4n) is 2.17. The van der Waals surface area contributed by atoms with Crippen LogP contribution < -0.4 is 0 Å². The number of carboxylic acids is 2. The summed E-state index contributed by atoms with van der Waals surface area (Å²) in [4.78, 5) is 22.3.